The number of hydrogen-bond acceptors (Lipinski definition) is 1. The first-order valence-electron chi connectivity index (χ1n) is 5.50. The van der Waals surface area contributed by atoms with Crippen LogP contribution in [0.3, 0.4) is 0 Å². The van der Waals surface area contributed by atoms with Gasteiger partial charge in [0.25, 0.3) is 0 Å². The van der Waals surface area contributed by atoms with Gasteiger partial charge in [0.05, 0.1) is 4.83 Å². The molecule has 0 aliphatic heterocycles. The summed E-state index contributed by atoms with van der Waals surface area (Å²) in [5.41, 5.74) is 0. The quantitative estimate of drug-likeness (QED) is 0.758. The maximum atomic E-state index is 11.6. The second-order valence-electron chi connectivity index (χ2n) is 4.55. The molecule has 2 nitrogen and oxygen atoms in total. The third kappa shape index (κ3) is 3.26. The number of rotatable bonds is 5. The summed E-state index contributed by atoms with van der Waals surface area (Å²) in [6.07, 6.45) is 3.65. The van der Waals surface area contributed by atoms with Crippen molar-refractivity contribution >= 4 is 21.8 Å². The zero-order valence-corrected chi connectivity index (χ0v) is 10.8. The van der Waals surface area contributed by atoms with Crippen LogP contribution < -0.4 is 5.32 Å². The molecule has 1 amide bonds. The minimum Gasteiger partial charge on any atom is -0.352 e. The van der Waals surface area contributed by atoms with Crippen LogP contribution in [0.15, 0.2) is 0 Å². The minimum absolute atomic E-state index is 0.0367. The molecule has 0 radical (unpaired) electrons. The zero-order valence-electron chi connectivity index (χ0n) is 9.22. The Hall–Kier alpha value is -0.0500. The maximum Gasteiger partial charge on any atom is 0.234 e. The largest absolute Gasteiger partial charge is 0.352 e. The average molecular weight is 262 g/mol. The number of amides is 1. The Morgan fingerprint density at radius 2 is 2.21 bits per heavy atom. The first-order chi connectivity index (χ1) is 6.56. The molecule has 0 heterocycles. The molecular weight excluding hydrogens is 242 g/mol. The Balaban J connectivity index is 2.23. The molecule has 3 atom stereocenters. The van der Waals surface area contributed by atoms with Crippen LogP contribution in [0.1, 0.15) is 40.0 Å². The number of halogens is 1. The fourth-order valence-corrected chi connectivity index (χ4v) is 1.81. The van der Waals surface area contributed by atoms with Gasteiger partial charge in [0.2, 0.25) is 5.91 Å². The van der Waals surface area contributed by atoms with E-state index in [-0.39, 0.29) is 10.7 Å². The lowest BCUT2D eigenvalue weighted by Crippen LogP contribution is -2.36. The lowest BCUT2D eigenvalue weighted by atomic mass is 10.1. The van der Waals surface area contributed by atoms with Gasteiger partial charge in [-0.2, -0.15) is 0 Å². The number of carbonyl (C=O) groups is 1. The van der Waals surface area contributed by atoms with E-state index in [2.05, 4.69) is 42.0 Å². The van der Waals surface area contributed by atoms with Gasteiger partial charge in [-0.1, -0.05) is 43.1 Å². The molecule has 1 aliphatic rings. The molecule has 0 aromatic heterocycles. The molecule has 82 valence electrons. The van der Waals surface area contributed by atoms with Gasteiger partial charge in [-0.15, -0.1) is 0 Å². The molecule has 1 saturated carbocycles. The summed E-state index contributed by atoms with van der Waals surface area (Å²) in [5.74, 6) is 1.26. The van der Waals surface area contributed by atoms with Crippen LogP contribution in [0.5, 0.6) is 0 Å². The molecule has 0 bridgehead atoms. The van der Waals surface area contributed by atoms with Crippen molar-refractivity contribution < 1.29 is 4.79 Å². The van der Waals surface area contributed by atoms with Crippen molar-refractivity contribution in [1.82, 2.24) is 5.32 Å². The second kappa shape index (κ2) is 5.15. The first-order valence-corrected chi connectivity index (χ1v) is 6.42. The molecule has 14 heavy (non-hydrogen) atoms. The Kier molecular flexibility index (Phi) is 4.42. The van der Waals surface area contributed by atoms with Crippen molar-refractivity contribution in [1.29, 1.82) is 0 Å². The molecule has 1 N–H and O–H groups in total. The van der Waals surface area contributed by atoms with Gasteiger partial charge in [0.15, 0.2) is 0 Å². The average Bonchev–Trinajstić information content (AvgIpc) is 2.82. The monoisotopic (exact) mass is 261 g/mol. The summed E-state index contributed by atoms with van der Waals surface area (Å²) in [6.45, 7) is 6.30. The van der Waals surface area contributed by atoms with Crippen LogP contribution in [0, 0.1) is 11.8 Å². The lowest BCUT2D eigenvalue weighted by molar-refractivity contribution is -0.121. The van der Waals surface area contributed by atoms with Crippen molar-refractivity contribution in [3.8, 4) is 0 Å². The van der Waals surface area contributed by atoms with Gasteiger partial charge in [-0.25, -0.2) is 0 Å². The highest BCUT2D eigenvalue weighted by atomic mass is 79.9. The zero-order chi connectivity index (χ0) is 10.7. The van der Waals surface area contributed by atoms with Crippen molar-refractivity contribution in [2.45, 2.75) is 50.9 Å². The van der Waals surface area contributed by atoms with Gasteiger partial charge in [0, 0.05) is 6.04 Å². The van der Waals surface area contributed by atoms with Crippen LogP contribution in [0.2, 0.25) is 0 Å². The van der Waals surface area contributed by atoms with Gasteiger partial charge in [0.1, 0.15) is 0 Å². The highest BCUT2D eigenvalue weighted by molar-refractivity contribution is 9.10. The molecule has 1 aliphatic carbocycles. The predicted octanol–water partition coefficient (Wildman–Crippen LogP) is 2.71. The number of hydrogen-bond donors (Lipinski definition) is 1. The van der Waals surface area contributed by atoms with Gasteiger partial charge in [-0.3, -0.25) is 4.79 Å². The smallest absolute Gasteiger partial charge is 0.234 e. The van der Waals surface area contributed by atoms with Gasteiger partial charge < -0.3 is 5.32 Å². The fraction of sp³-hybridized carbons (Fsp3) is 0.909. The van der Waals surface area contributed by atoms with Crippen LogP contribution in [-0.2, 0) is 4.79 Å². The molecule has 0 spiro atoms. The van der Waals surface area contributed by atoms with E-state index in [1.165, 1.54) is 19.3 Å². The summed E-state index contributed by atoms with van der Waals surface area (Å²) < 4.78 is 0. The molecule has 0 saturated heterocycles. The topological polar surface area (TPSA) is 29.1 Å². The van der Waals surface area contributed by atoms with Crippen molar-refractivity contribution in [2.24, 2.45) is 11.8 Å². The van der Waals surface area contributed by atoms with E-state index in [4.69, 9.17) is 0 Å². The SMILES string of the molecule is CCCC1CC1NC(=O)C(Br)C(C)C. The minimum atomic E-state index is -0.0367. The van der Waals surface area contributed by atoms with Crippen LogP contribution >= 0.6 is 15.9 Å². The van der Waals surface area contributed by atoms with E-state index >= 15 is 0 Å². The van der Waals surface area contributed by atoms with Gasteiger partial charge in [-0.05, 0) is 24.7 Å². The van der Waals surface area contributed by atoms with E-state index in [1.54, 1.807) is 0 Å². The van der Waals surface area contributed by atoms with Crippen LogP contribution in [-0.4, -0.2) is 16.8 Å². The molecule has 1 rings (SSSR count). The van der Waals surface area contributed by atoms with Crippen LogP contribution in [0.25, 0.3) is 0 Å². The fourth-order valence-electron chi connectivity index (χ4n) is 1.68. The van der Waals surface area contributed by atoms with Gasteiger partial charge >= 0.3 is 0 Å². The molecule has 3 unspecified atom stereocenters. The number of nitrogens with one attached hydrogen (secondary N) is 1. The van der Waals surface area contributed by atoms with Crippen molar-refractivity contribution in [3.63, 3.8) is 0 Å². The summed E-state index contributed by atoms with van der Waals surface area (Å²) in [6, 6.07) is 0.459. The Morgan fingerprint density at radius 1 is 1.57 bits per heavy atom. The third-order valence-electron chi connectivity index (χ3n) is 2.75. The molecule has 3 heteroatoms. The van der Waals surface area contributed by atoms with Crippen LogP contribution in [0.4, 0.5) is 0 Å². The predicted molar refractivity (Wildman–Crippen MR) is 62.5 cm³/mol. The van der Waals surface area contributed by atoms with Crippen molar-refractivity contribution in [3.05, 3.63) is 0 Å². The first kappa shape index (κ1) is 12.0. The van der Waals surface area contributed by atoms with E-state index in [9.17, 15) is 4.79 Å². The molecule has 0 aromatic rings. The van der Waals surface area contributed by atoms with E-state index in [0.717, 1.165) is 5.92 Å². The normalized spacial score (nSPS) is 27.5. The molecule has 0 aromatic carbocycles. The van der Waals surface area contributed by atoms with E-state index < -0.39 is 0 Å². The summed E-state index contributed by atoms with van der Waals surface area (Å²) in [7, 11) is 0. The highest BCUT2D eigenvalue weighted by Crippen LogP contribution is 2.34. The standard InChI is InChI=1S/C11H20BrNO/c1-4-5-8-6-9(8)13-11(14)10(12)7(2)3/h7-10H,4-6H2,1-3H3,(H,13,14). The Morgan fingerprint density at radius 3 is 2.71 bits per heavy atom. The third-order valence-corrected chi connectivity index (χ3v) is 4.22. The molecular formula is C11H20BrNO. The number of carbonyl (C=O) groups excluding carboxylic acids is 1. The van der Waals surface area contributed by atoms with E-state index in [1.807, 2.05) is 0 Å². The Labute approximate surface area is 95.0 Å². The van der Waals surface area contributed by atoms with Crippen molar-refractivity contribution in [2.75, 3.05) is 0 Å². The molecule has 1 fully saturated rings. The maximum absolute atomic E-state index is 11.6. The summed E-state index contributed by atoms with van der Waals surface area (Å²) >= 11 is 3.41. The van der Waals surface area contributed by atoms with E-state index in [0.29, 0.717) is 12.0 Å². The number of alkyl halides is 1. The second-order valence-corrected chi connectivity index (χ2v) is 5.53. The Bertz CT molecular complexity index is 205. The lowest BCUT2D eigenvalue weighted by Gasteiger charge is -2.13. The highest BCUT2D eigenvalue weighted by Gasteiger charge is 2.38. The summed E-state index contributed by atoms with van der Waals surface area (Å²) in [5, 5.41) is 3.08. The summed E-state index contributed by atoms with van der Waals surface area (Å²) in [4.78, 5) is 11.6.